The first-order chi connectivity index (χ1) is 8.63. The summed E-state index contributed by atoms with van der Waals surface area (Å²) in [6.45, 7) is 2.77. The van der Waals surface area contributed by atoms with Gasteiger partial charge in [0.2, 0.25) is 0 Å². The molecule has 1 heterocycles. The van der Waals surface area contributed by atoms with Gasteiger partial charge in [0.25, 0.3) is 0 Å². The van der Waals surface area contributed by atoms with Crippen LogP contribution >= 0.6 is 0 Å². The maximum atomic E-state index is 10.7. The number of benzene rings is 1. The third-order valence-electron chi connectivity index (χ3n) is 2.99. The molecule has 3 N–H and O–H groups in total. The quantitative estimate of drug-likeness (QED) is 0.411. The molecule has 1 fully saturated rings. The second-order valence-corrected chi connectivity index (χ2v) is 4.17. The number of aromatic hydroxyl groups is 3. The zero-order valence-electron chi connectivity index (χ0n) is 9.80. The highest BCUT2D eigenvalue weighted by Gasteiger charge is 2.20. The highest BCUT2D eigenvalue weighted by Crippen LogP contribution is 2.38. The monoisotopic (exact) mass is 253 g/mol. The topological polar surface area (TPSA) is 90.2 Å². The van der Waals surface area contributed by atoms with Crippen LogP contribution in [0.4, 0.5) is 0 Å². The van der Waals surface area contributed by atoms with E-state index in [-0.39, 0.29) is 29.2 Å². The molecule has 6 heteroatoms. The number of aldehydes is 1. The largest absolute Gasteiger partial charge is 0.507 e. The first kappa shape index (κ1) is 12.7. The summed E-state index contributed by atoms with van der Waals surface area (Å²) >= 11 is 0. The first-order valence-corrected chi connectivity index (χ1v) is 5.65. The number of carbonyl (C=O) groups excluding carboxylic acids is 1. The second kappa shape index (κ2) is 5.24. The van der Waals surface area contributed by atoms with Crippen molar-refractivity contribution in [1.82, 2.24) is 4.90 Å². The van der Waals surface area contributed by atoms with E-state index in [1.165, 1.54) is 0 Å². The molecule has 18 heavy (non-hydrogen) atoms. The summed E-state index contributed by atoms with van der Waals surface area (Å²) in [6, 6.07) is 1.04. The smallest absolute Gasteiger partial charge is 0.165 e. The maximum absolute atomic E-state index is 10.7. The van der Waals surface area contributed by atoms with Crippen LogP contribution in [0.25, 0.3) is 0 Å². The standard InChI is InChI=1S/C12H15NO5/c14-7-8-5-10(15)12(17)9(11(8)16)6-13-1-3-18-4-2-13/h5,7,15-17H,1-4,6H2. The van der Waals surface area contributed by atoms with Crippen LogP contribution in [-0.4, -0.2) is 52.8 Å². The lowest BCUT2D eigenvalue weighted by molar-refractivity contribution is 0.0335. The summed E-state index contributed by atoms with van der Waals surface area (Å²) in [5.41, 5.74) is 0.132. The lowest BCUT2D eigenvalue weighted by Crippen LogP contribution is -2.35. The molecule has 2 rings (SSSR count). The molecule has 98 valence electrons. The van der Waals surface area contributed by atoms with Gasteiger partial charge in [-0.25, -0.2) is 0 Å². The first-order valence-electron chi connectivity index (χ1n) is 5.65. The molecular formula is C12H15NO5. The average molecular weight is 253 g/mol. The Morgan fingerprint density at radius 1 is 1.22 bits per heavy atom. The van der Waals surface area contributed by atoms with Gasteiger partial charge >= 0.3 is 0 Å². The van der Waals surface area contributed by atoms with Crippen LogP contribution in [-0.2, 0) is 11.3 Å². The predicted octanol–water partition coefficient (Wildman–Crippen LogP) is 0.448. The Bertz CT molecular complexity index is 454. The van der Waals surface area contributed by atoms with Crippen LogP contribution in [0, 0.1) is 0 Å². The third-order valence-corrected chi connectivity index (χ3v) is 2.99. The SMILES string of the molecule is O=Cc1cc(O)c(O)c(CN2CCOCC2)c1O. The molecule has 0 aromatic heterocycles. The molecule has 1 saturated heterocycles. The Morgan fingerprint density at radius 3 is 2.50 bits per heavy atom. The summed E-state index contributed by atoms with van der Waals surface area (Å²) in [7, 11) is 0. The maximum Gasteiger partial charge on any atom is 0.165 e. The Balaban J connectivity index is 2.30. The number of hydrogen-bond donors (Lipinski definition) is 3. The van der Waals surface area contributed by atoms with Crippen molar-refractivity contribution in [2.75, 3.05) is 26.3 Å². The number of carbonyl (C=O) groups is 1. The molecule has 0 amide bonds. The van der Waals surface area contributed by atoms with Crippen molar-refractivity contribution < 1.29 is 24.9 Å². The fraction of sp³-hybridized carbons (Fsp3) is 0.417. The van der Waals surface area contributed by atoms with E-state index in [0.717, 1.165) is 6.07 Å². The van der Waals surface area contributed by atoms with E-state index in [9.17, 15) is 20.1 Å². The van der Waals surface area contributed by atoms with Crippen molar-refractivity contribution in [3.05, 3.63) is 17.2 Å². The van der Waals surface area contributed by atoms with Gasteiger partial charge in [-0.15, -0.1) is 0 Å². The van der Waals surface area contributed by atoms with Gasteiger partial charge < -0.3 is 20.1 Å². The third kappa shape index (κ3) is 2.39. The van der Waals surface area contributed by atoms with Gasteiger partial charge in [-0.1, -0.05) is 0 Å². The second-order valence-electron chi connectivity index (χ2n) is 4.17. The molecule has 0 bridgehead atoms. The number of hydrogen-bond acceptors (Lipinski definition) is 6. The molecule has 0 aliphatic carbocycles. The van der Waals surface area contributed by atoms with E-state index in [0.29, 0.717) is 32.6 Å². The van der Waals surface area contributed by atoms with Gasteiger partial charge in [0.15, 0.2) is 17.8 Å². The van der Waals surface area contributed by atoms with Gasteiger partial charge in [0, 0.05) is 19.6 Å². The van der Waals surface area contributed by atoms with Crippen molar-refractivity contribution in [2.24, 2.45) is 0 Å². The highest BCUT2D eigenvalue weighted by atomic mass is 16.5. The lowest BCUT2D eigenvalue weighted by atomic mass is 10.1. The van der Waals surface area contributed by atoms with Gasteiger partial charge in [0.1, 0.15) is 5.75 Å². The number of morpholine rings is 1. The normalized spacial score (nSPS) is 16.7. The van der Waals surface area contributed by atoms with E-state index >= 15 is 0 Å². The summed E-state index contributed by atoms with van der Waals surface area (Å²) in [5.74, 6) is -1.07. The number of ether oxygens (including phenoxy) is 1. The fourth-order valence-electron chi connectivity index (χ4n) is 1.95. The van der Waals surface area contributed by atoms with Crippen LogP contribution in [0.2, 0.25) is 0 Å². The van der Waals surface area contributed by atoms with Gasteiger partial charge in [-0.3, -0.25) is 9.69 Å². The summed E-state index contributed by atoms with van der Waals surface area (Å²) < 4.78 is 5.19. The average Bonchev–Trinajstić information content (AvgIpc) is 2.40. The van der Waals surface area contributed by atoms with Crippen LogP contribution in [0.5, 0.6) is 17.2 Å². The highest BCUT2D eigenvalue weighted by molar-refractivity contribution is 5.82. The minimum atomic E-state index is -0.404. The molecule has 1 aromatic rings. The lowest BCUT2D eigenvalue weighted by Gasteiger charge is -2.27. The molecule has 0 unspecified atom stereocenters. The van der Waals surface area contributed by atoms with Crippen molar-refractivity contribution in [2.45, 2.75) is 6.54 Å². The molecule has 0 saturated carbocycles. The zero-order chi connectivity index (χ0) is 13.1. The molecule has 0 spiro atoms. The van der Waals surface area contributed by atoms with Gasteiger partial charge in [-0.2, -0.15) is 0 Å². The summed E-state index contributed by atoms with van der Waals surface area (Å²) in [4.78, 5) is 12.7. The Labute approximate surface area is 104 Å². The van der Waals surface area contributed by atoms with E-state index in [2.05, 4.69) is 0 Å². The number of phenolic OH excluding ortho intramolecular Hbond substituents is 3. The number of phenols is 3. The molecule has 1 aromatic carbocycles. The Kier molecular flexibility index (Phi) is 3.69. The van der Waals surface area contributed by atoms with Gasteiger partial charge in [-0.05, 0) is 6.07 Å². The van der Waals surface area contributed by atoms with E-state index < -0.39 is 5.75 Å². The van der Waals surface area contributed by atoms with Crippen LogP contribution in [0.15, 0.2) is 6.07 Å². The number of rotatable bonds is 3. The van der Waals surface area contributed by atoms with Crippen molar-refractivity contribution in [3.8, 4) is 17.2 Å². The summed E-state index contributed by atoms with van der Waals surface area (Å²) in [5, 5.41) is 29.1. The Hall–Kier alpha value is -1.79. The molecule has 6 nitrogen and oxygen atoms in total. The molecule has 0 atom stereocenters. The minimum absolute atomic E-state index is 0.0337. The van der Waals surface area contributed by atoms with E-state index in [1.54, 1.807) is 0 Å². The Morgan fingerprint density at radius 2 is 1.89 bits per heavy atom. The zero-order valence-corrected chi connectivity index (χ0v) is 9.80. The number of nitrogens with zero attached hydrogens (tertiary/aromatic N) is 1. The van der Waals surface area contributed by atoms with Crippen molar-refractivity contribution in [1.29, 1.82) is 0 Å². The minimum Gasteiger partial charge on any atom is -0.507 e. The van der Waals surface area contributed by atoms with Gasteiger partial charge in [0.05, 0.1) is 24.3 Å². The molecule has 0 radical (unpaired) electrons. The predicted molar refractivity (Wildman–Crippen MR) is 62.9 cm³/mol. The van der Waals surface area contributed by atoms with Crippen molar-refractivity contribution >= 4 is 6.29 Å². The molecular weight excluding hydrogens is 238 g/mol. The fourth-order valence-corrected chi connectivity index (χ4v) is 1.95. The van der Waals surface area contributed by atoms with Crippen LogP contribution < -0.4 is 0 Å². The molecule has 1 aliphatic rings. The van der Waals surface area contributed by atoms with Crippen molar-refractivity contribution in [3.63, 3.8) is 0 Å². The molecule has 1 aliphatic heterocycles. The summed E-state index contributed by atoms with van der Waals surface area (Å²) in [6.07, 6.45) is 0.442. The van der Waals surface area contributed by atoms with Crippen LogP contribution in [0.1, 0.15) is 15.9 Å². The van der Waals surface area contributed by atoms with E-state index in [1.807, 2.05) is 4.90 Å². The van der Waals surface area contributed by atoms with E-state index in [4.69, 9.17) is 4.74 Å². The van der Waals surface area contributed by atoms with Crippen LogP contribution in [0.3, 0.4) is 0 Å².